The van der Waals surface area contributed by atoms with E-state index in [9.17, 15) is 9.59 Å². The van der Waals surface area contributed by atoms with Crippen LogP contribution >= 0.6 is 0 Å². The van der Waals surface area contributed by atoms with E-state index >= 15 is 0 Å². The highest BCUT2D eigenvalue weighted by Gasteiger charge is 2.17. The highest BCUT2D eigenvalue weighted by atomic mass is 16.5. The lowest BCUT2D eigenvalue weighted by Crippen LogP contribution is -2.42. The largest absolute Gasteiger partial charge is 0.495 e. The van der Waals surface area contributed by atoms with E-state index in [1.54, 1.807) is 18.1 Å². The SMILES string of the molecule is COc1ccccc1N(CCC(=O)NCCN1CCOCC1)C(C)=O. The molecule has 0 aromatic heterocycles. The summed E-state index contributed by atoms with van der Waals surface area (Å²) in [4.78, 5) is 27.9. The number of morpholine rings is 1. The molecular weight excluding hydrogens is 322 g/mol. The van der Waals surface area contributed by atoms with E-state index in [4.69, 9.17) is 9.47 Å². The maximum Gasteiger partial charge on any atom is 0.223 e. The predicted molar refractivity (Wildman–Crippen MR) is 95.9 cm³/mol. The number of hydrogen-bond donors (Lipinski definition) is 1. The Morgan fingerprint density at radius 1 is 1.28 bits per heavy atom. The molecule has 0 atom stereocenters. The van der Waals surface area contributed by atoms with Crippen molar-refractivity contribution in [1.29, 1.82) is 0 Å². The van der Waals surface area contributed by atoms with Crippen LogP contribution in [0.2, 0.25) is 0 Å². The summed E-state index contributed by atoms with van der Waals surface area (Å²) in [5.41, 5.74) is 0.679. The molecule has 2 rings (SSSR count). The van der Waals surface area contributed by atoms with E-state index in [0.29, 0.717) is 24.5 Å². The highest BCUT2D eigenvalue weighted by molar-refractivity contribution is 5.93. The molecule has 0 bridgehead atoms. The zero-order chi connectivity index (χ0) is 18.1. The molecule has 1 N–H and O–H groups in total. The van der Waals surface area contributed by atoms with E-state index in [1.165, 1.54) is 6.92 Å². The molecule has 1 aliphatic heterocycles. The Bertz CT molecular complexity index is 573. The molecule has 0 radical (unpaired) electrons. The van der Waals surface area contributed by atoms with Crippen molar-refractivity contribution in [3.05, 3.63) is 24.3 Å². The van der Waals surface area contributed by atoms with Crippen molar-refractivity contribution in [3.8, 4) is 5.75 Å². The molecule has 0 unspecified atom stereocenters. The first kappa shape index (κ1) is 19.2. The Balaban J connectivity index is 1.80. The van der Waals surface area contributed by atoms with Crippen molar-refractivity contribution in [3.63, 3.8) is 0 Å². The van der Waals surface area contributed by atoms with Crippen molar-refractivity contribution >= 4 is 17.5 Å². The lowest BCUT2D eigenvalue weighted by atomic mass is 10.2. The van der Waals surface area contributed by atoms with Gasteiger partial charge >= 0.3 is 0 Å². The number of anilines is 1. The van der Waals surface area contributed by atoms with Crippen LogP contribution in [0, 0.1) is 0 Å². The minimum Gasteiger partial charge on any atom is -0.495 e. The molecule has 7 heteroatoms. The molecular formula is C18H27N3O4. The van der Waals surface area contributed by atoms with E-state index in [0.717, 1.165) is 32.8 Å². The van der Waals surface area contributed by atoms with Crippen LogP contribution in [0.25, 0.3) is 0 Å². The van der Waals surface area contributed by atoms with Gasteiger partial charge in [0.1, 0.15) is 5.75 Å². The third-order valence-corrected chi connectivity index (χ3v) is 4.17. The van der Waals surface area contributed by atoms with Crippen LogP contribution in [0.1, 0.15) is 13.3 Å². The second kappa shape index (κ2) is 10.0. The lowest BCUT2D eigenvalue weighted by molar-refractivity contribution is -0.121. The Morgan fingerprint density at radius 3 is 2.68 bits per heavy atom. The van der Waals surface area contributed by atoms with Gasteiger partial charge in [0, 0.05) is 46.1 Å². The number of nitrogens with one attached hydrogen (secondary N) is 1. The minimum atomic E-state index is -0.120. The first-order valence-electron chi connectivity index (χ1n) is 8.59. The summed E-state index contributed by atoms with van der Waals surface area (Å²) in [5.74, 6) is 0.436. The van der Waals surface area contributed by atoms with Gasteiger partial charge in [0.15, 0.2) is 0 Å². The molecule has 2 amide bonds. The summed E-state index contributed by atoms with van der Waals surface area (Å²) in [6, 6.07) is 7.30. The summed E-state index contributed by atoms with van der Waals surface area (Å²) in [6.45, 7) is 6.54. The second-order valence-corrected chi connectivity index (χ2v) is 5.90. The van der Waals surface area contributed by atoms with Gasteiger partial charge in [-0.1, -0.05) is 12.1 Å². The maximum absolute atomic E-state index is 12.1. The van der Waals surface area contributed by atoms with Gasteiger partial charge in [-0.15, -0.1) is 0 Å². The van der Waals surface area contributed by atoms with Crippen LogP contribution in [0.15, 0.2) is 24.3 Å². The summed E-state index contributed by atoms with van der Waals surface area (Å²) in [6.07, 6.45) is 0.251. The van der Waals surface area contributed by atoms with E-state index in [2.05, 4.69) is 10.2 Å². The fourth-order valence-electron chi connectivity index (χ4n) is 2.78. The van der Waals surface area contributed by atoms with E-state index in [1.807, 2.05) is 18.2 Å². The van der Waals surface area contributed by atoms with Gasteiger partial charge in [-0.3, -0.25) is 14.5 Å². The third-order valence-electron chi connectivity index (χ3n) is 4.17. The van der Waals surface area contributed by atoms with Crippen molar-refractivity contribution < 1.29 is 19.1 Å². The average molecular weight is 349 g/mol. The zero-order valence-electron chi connectivity index (χ0n) is 15.0. The van der Waals surface area contributed by atoms with Gasteiger partial charge in [0.25, 0.3) is 0 Å². The van der Waals surface area contributed by atoms with Crippen molar-refractivity contribution in [2.75, 3.05) is 57.9 Å². The number of benzene rings is 1. The molecule has 1 aromatic carbocycles. The molecule has 1 fully saturated rings. The van der Waals surface area contributed by atoms with Gasteiger partial charge < -0.3 is 19.7 Å². The van der Waals surface area contributed by atoms with E-state index < -0.39 is 0 Å². The molecule has 0 saturated carbocycles. The summed E-state index contributed by atoms with van der Waals surface area (Å²) >= 11 is 0. The summed E-state index contributed by atoms with van der Waals surface area (Å²) < 4.78 is 10.6. The number of amides is 2. The van der Waals surface area contributed by atoms with Crippen LogP contribution in [0.4, 0.5) is 5.69 Å². The maximum atomic E-state index is 12.1. The molecule has 1 heterocycles. The van der Waals surface area contributed by atoms with Crippen molar-refractivity contribution in [1.82, 2.24) is 10.2 Å². The molecule has 138 valence electrons. The van der Waals surface area contributed by atoms with Crippen LogP contribution in [0.3, 0.4) is 0 Å². The summed E-state index contributed by atoms with van der Waals surface area (Å²) in [5, 5.41) is 2.91. The Kier molecular flexibility index (Phi) is 7.69. The molecule has 1 aliphatic rings. The number of nitrogens with zero attached hydrogens (tertiary/aromatic N) is 2. The molecule has 0 spiro atoms. The number of hydrogen-bond acceptors (Lipinski definition) is 5. The minimum absolute atomic E-state index is 0.0607. The molecule has 0 aliphatic carbocycles. The van der Waals surface area contributed by atoms with E-state index in [-0.39, 0.29) is 18.2 Å². The quantitative estimate of drug-likeness (QED) is 0.755. The second-order valence-electron chi connectivity index (χ2n) is 5.90. The highest BCUT2D eigenvalue weighted by Crippen LogP contribution is 2.27. The molecule has 7 nitrogen and oxygen atoms in total. The van der Waals surface area contributed by atoms with Crippen molar-refractivity contribution in [2.45, 2.75) is 13.3 Å². The number of para-hydroxylation sites is 2. The van der Waals surface area contributed by atoms with Crippen LogP contribution in [-0.2, 0) is 14.3 Å². The Hall–Kier alpha value is -2.12. The number of carbonyl (C=O) groups excluding carboxylic acids is 2. The summed E-state index contributed by atoms with van der Waals surface area (Å²) in [7, 11) is 1.56. The molecule has 25 heavy (non-hydrogen) atoms. The van der Waals surface area contributed by atoms with Gasteiger partial charge in [0.05, 0.1) is 26.0 Å². The number of rotatable bonds is 8. The normalized spacial score (nSPS) is 14.8. The number of methoxy groups -OCH3 is 1. The average Bonchev–Trinajstić information content (AvgIpc) is 2.63. The first-order chi connectivity index (χ1) is 12.1. The molecule has 1 saturated heterocycles. The van der Waals surface area contributed by atoms with Gasteiger partial charge in [-0.2, -0.15) is 0 Å². The monoisotopic (exact) mass is 349 g/mol. The number of carbonyl (C=O) groups is 2. The van der Waals surface area contributed by atoms with Gasteiger partial charge in [-0.05, 0) is 12.1 Å². The standard InChI is InChI=1S/C18H27N3O4/c1-15(22)21(16-5-3-4-6-17(16)24-2)9-7-18(23)19-8-10-20-11-13-25-14-12-20/h3-6H,7-14H2,1-2H3,(H,19,23). The predicted octanol–water partition coefficient (Wildman–Crippen LogP) is 0.887. The smallest absolute Gasteiger partial charge is 0.223 e. The van der Waals surface area contributed by atoms with Crippen molar-refractivity contribution in [2.24, 2.45) is 0 Å². The first-order valence-corrected chi connectivity index (χ1v) is 8.59. The molecule has 1 aromatic rings. The fraction of sp³-hybridized carbons (Fsp3) is 0.556. The van der Waals surface area contributed by atoms with Crippen LogP contribution in [-0.4, -0.2) is 69.8 Å². The van der Waals surface area contributed by atoms with Gasteiger partial charge in [0.2, 0.25) is 11.8 Å². The zero-order valence-corrected chi connectivity index (χ0v) is 15.0. The van der Waals surface area contributed by atoms with Gasteiger partial charge in [-0.25, -0.2) is 0 Å². The lowest BCUT2D eigenvalue weighted by Gasteiger charge is -2.26. The Morgan fingerprint density at radius 2 is 2.00 bits per heavy atom. The van der Waals surface area contributed by atoms with Crippen LogP contribution < -0.4 is 15.0 Å². The number of ether oxygens (including phenoxy) is 2. The fourth-order valence-corrected chi connectivity index (χ4v) is 2.78. The Labute approximate surface area is 148 Å². The third kappa shape index (κ3) is 6.03. The topological polar surface area (TPSA) is 71.1 Å². The van der Waals surface area contributed by atoms with Crippen LogP contribution in [0.5, 0.6) is 5.75 Å².